The highest BCUT2D eigenvalue weighted by Gasteiger charge is 2.36. The molecule has 1 aromatic carbocycles. The van der Waals surface area contributed by atoms with Gasteiger partial charge in [-0.15, -0.1) is 0 Å². The minimum absolute atomic E-state index is 0.172. The fourth-order valence-electron chi connectivity index (χ4n) is 2.90. The molecule has 112 valence electrons. The Hall–Kier alpha value is -1.68. The molecule has 4 nitrogen and oxygen atoms in total. The highest BCUT2D eigenvalue weighted by Crippen LogP contribution is 2.35. The number of hydrogen-bond donors (Lipinski definition) is 0. The van der Waals surface area contributed by atoms with Crippen LogP contribution in [0.5, 0.6) is 0 Å². The molecule has 4 heteroatoms. The second kappa shape index (κ2) is 5.98. The molecule has 1 heterocycles. The van der Waals surface area contributed by atoms with Gasteiger partial charge in [-0.3, -0.25) is 9.48 Å². The smallest absolute Gasteiger partial charge is 0.167 e. The SMILES string of the molecule is CCOC(C(=O)Cc1nn(CC)c2ccccc12)C1CC1. The molecule has 1 atom stereocenters. The van der Waals surface area contributed by atoms with E-state index < -0.39 is 0 Å². The Labute approximate surface area is 125 Å². The van der Waals surface area contributed by atoms with Crippen molar-refractivity contribution in [2.75, 3.05) is 6.61 Å². The van der Waals surface area contributed by atoms with E-state index in [4.69, 9.17) is 4.74 Å². The van der Waals surface area contributed by atoms with Gasteiger partial charge in [-0.25, -0.2) is 0 Å². The van der Waals surface area contributed by atoms with Crippen LogP contribution >= 0.6 is 0 Å². The summed E-state index contributed by atoms with van der Waals surface area (Å²) in [5.41, 5.74) is 1.98. The molecule has 1 saturated carbocycles. The van der Waals surface area contributed by atoms with Gasteiger partial charge in [0.15, 0.2) is 5.78 Å². The number of Topliss-reactive ketones (excluding diaryl/α,β-unsaturated/α-hetero) is 1. The first-order valence-corrected chi connectivity index (χ1v) is 7.83. The standard InChI is InChI=1S/C17H22N2O2/c1-3-19-15-8-6-5-7-13(15)14(18-19)11-16(20)17(21-4-2)12-9-10-12/h5-8,12,17H,3-4,9-11H2,1-2H3. The number of benzene rings is 1. The highest BCUT2D eigenvalue weighted by molar-refractivity contribution is 5.91. The molecule has 0 aliphatic heterocycles. The van der Waals surface area contributed by atoms with Crippen LogP contribution in [0.2, 0.25) is 0 Å². The quantitative estimate of drug-likeness (QED) is 0.786. The van der Waals surface area contributed by atoms with Crippen molar-refractivity contribution in [3.05, 3.63) is 30.0 Å². The predicted octanol–water partition coefficient (Wildman–Crippen LogP) is 2.98. The number of nitrogens with zero attached hydrogens (tertiary/aromatic N) is 2. The Bertz CT molecular complexity index is 643. The van der Waals surface area contributed by atoms with E-state index >= 15 is 0 Å². The molecule has 0 spiro atoms. The molecule has 1 aliphatic rings. The largest absolute Gasteiger partial charge is 0.370 e. The van der Waals surface area contributed by atoms with E-state index in [0.717, 1.165) is 36.0 Å². The number of ketones is 1. The summed E-state index contributed by atoms with van der Waals surface area (Å²) in [7, 11) is 0. The van der Waals surface area contributed by atoms with Gasteiger partial charge in [0.1, 0.15) is 6.10 Å². The Kier molecular flexibility index (Phi) is 4.06. The number of para-hydroxylation sites is 1. The monoisotopic (exact) mass is 286 g/mol. The summed E-state index contributed by atoms with van der Waals surface area (Å²) in [6.45, 7) is 5.42. The lowest BCUT2D eigenvalue weighted by Crippen LogP contribution is -2.28. The summed E-state index contributed by atoms with van der Waals surface area (Å²) in [5, 5.41) is 5.69. The summed E-state index contributed by atoms with van der Waals surface area (Å²) in [6, 6.07) is 8.11. The summed E-state index contributed by atoms with van der Waals surface area (Å²) in [6.07, 6.45) is 2.36. The average Bonchev–Trinajstić information content (AvgIpc) is 3.28. The second-order valence-corrected chi connectivity index (χ2v) is 5.64. The molecule has 3 rings (SSSR count). The van der Waals surface area contributed by atoms with Crippen LogP contribution in [-0.2, 0) is 22.5 Å². The van der Waals surface area contributed by atoms with Crippen LogP contribution in [-0.4, -0.2) is 28.3 Å². The number of carbonyl (C=O) groups excluding carboxylic acids is 1. The lowest BCUT2D eigenvalue weighted by molar-refractivity contribution is -0.131. The van der Waals surface area contributed by atoms with Crippen molar-refractivity contribution in [2.24, 2.45) is 5.92 Å². The third kappa shape index (κ3) is 2.86. The fraction of sp³-hybridized carbons (Fsp3) is 0.529. The molecule has 0 bridgehead atoms. The molecule has 2 aromatic rings. The Morgan fingerprint density at radius 2 is 2.14 bits per heavy atom. The molecule has 1 fully saturated rings. The zero-order chi connectivity index (χ0) is 14.8. The lowest BCUT2D eigenvalue weighted by Gasteiger charge is -2.14. The second-order valence-electron chi connectivity index (χ2n) is 5.64. The first-order valence-electron chi connectivity index (χ1n) is 7.83. The van der Waals surface area contributed by atoms with E-state index in [9.17, 15) is 4.79 Å². The Balaban J connectivity index is 1.85. The maximum absolute atomic E-state index is 12.6. The molecular weight excluding hydrogens is 264 g/mol. The van der Waals surface area contributed by atoms with Gasteiger partial charge in [-0.2, -0.15) is 5.10 Å². The molecule has 0 saturated heterocycles. The lowest BCUT2D eigenvalue weighted by atomic mass is 10.0. The van der Waals surface area contributed by atoms with Crippen molar-refractivity contribution in [1.82, 2.24) is 9.78 Å². The Morgan fingerprint density at radius 1 is 1.38 bits per heavy atom. The molecule has 0 N–H and O–H groups in total. The number of aryl methyl sites for hydroxylation is 1. The highest BCUT2D eigenvalue weighted by atomic mass is 16.5. The van der Waals surface area contributed by atoms with Gasteiger partial charge in [0.05, 0.1) is 17.6 Å². The third-order valence-corrected chi connectivity index (χ3v) is 4.09. The van der Waals surface area contributed by atoms with E-state index in [0.29, 0.717) is 18.9 Å². The van der Waals surface area contributed by atoms with E-state index in [1.54, 1.807) is 0 Å². The minimum atomic E-state index is -0.236. The van der Waals surface area contributed by atoms with Gasteiger partial charge in [-0.1, -0.05) is 18.2 Å². The van der Waals surface area contributed by atoms with Crippen molar-refractivity contribution in [2.45, 2.75) is 45.8 Å². The normalized spacial score (nSPS) is 16.3. The van der Waals surface area contributed by atoms with Crippen LogP contribution in [0.1, 0.15) is 32.4 Å². The zero-order valence-electron chi connectivity index (χ0n) is 12.7. The van der Waals surface area contributed by atoms with Crippen molar-refractivity contribution in [3.8, 4) is 0 Å². The molecule has 1 unspecified atom stereocenters. The van der Waals surface area contributed by atoms with Gasteiger partial charge in [0.25, 0.3) is 0 Å². The molecule has 0 amide bonds. The minimum Gasteiger partial charge on any atom is -0.370 e. The van der Waals surface area contributed by atoms with Crippen molar-refractivity contribution < 1.29 is 9.53 Å². The summed E-state index contributed by atoms with van der Waals surface area (Å²) < 4.78 is 7.62. The molecule has 1 aromatic heterocycles. The Morgan fingerprint density at radius 3 is 2.81 bits per heavy atom. The van der Waals surface area contributed by atoms with E-state index in [-0.39, 0.29) is 11.9 Å². The molecule has 21 heavy (non-hydrogen) atoms. The summed E-state index contributed by atoms with van der Waals surface area (Å²) in [5.74, 6) is 0.600. The molecule has 1 aliphatic carbocycles. The predicted molar refractivity (Wildman–Crippen MR) is 82.3 cm³/mol. The number of carbonyl (C=O) groups is 1. The number of aromatic nitrogens is 2. The number of ether oxygens (including phenoxy) is 1. The molecular formula is C17H22N2O2. The number of fused-ring (bicyclic) bond motifs is 1. The van der Waals surface area contributed by atoms with Gasteiger partial charge >= 0.3 is 0 Å². The number of hydrogen-bond acceptors (Lipinski definition) is 3. The summed E-state index contributed by atoms with van der Waals surface area (Å²) >= 11 is 0. The van der Waals surface area contributed by atoms with Crippen LogP contribution in [0.25, 0.3) is 10.9 Å². The van der Waals surface area contributed by atoms with Gasteiger partial charge in [-0.05, 0) is 38.7 Å². The van der Waals surface area contributed by atoms with Crippen LogP contribution < -0.4 is 0 Å². The van der Waals surface area contributed by atoms with Gasteiger partial charge in [0, 0.05) is 18.5 Å². The maximum Gasteiger partial charge on any atom is 0.167 e. The summed E-state index contributed by atoms with van der Waals surface area (Å²) in [4.78, 5) is 12.6. The first-order chi connectivity index (χ1) is 10.2. The topological polar surface area (TPSA) is 44.1 Å². The van der Waals surface area contributed by atoms with Gasteiger partial charge in [0.2, 0.25) is 0 Å². The van der Waals surface area contributed by atoms with Crippen LogP contribution in [0.15, 0.2) is 24.3 Å². The third-order valence-electron chi connectivity index (χ3n) is 4.09. The fourth-order valence-corrected chi connectivity index (χ4v) is 2.90. The maximum atomic E-state index is 12.6. The molecule has 0 radical (unpaired) electrons. The van der Waals surface area contributed by atoms with Crippen LogP contribution in [0.3, 0.4) is 0 Å². The van der Waals surface area contributed by atoms with Crippen molar-refractivity contribution >= 4 is 16.7 Å². The van der Waals surface area contributed by atoms with E-state index in [2.05, 4.69) is 18.1 Å². The van der Waals surface area contributed by atoms with E-state index in [1.165, 1.54) is 0 Å². The van der Waals surface area contributed by atoms with Crippen molar-refractivity contribution in [1.29, 1.82) is 0 Å². The van der Waals surface area contributed by atoms with E-state index in [1.807, 2.05) is 29.8 Å². The van der Waals surface area contributed by atoms with Gasteiger partial charge < -0.3 is 4.74 Å². The number of rotatable bonds is 7. The van der Waals surface area contributed by atoms with Crippen molar-refractivity contribution in [3.63, 3.8) is 0 Å². The zero-order valence-corrected chi connectivity index (χ0v) is 12.7. The van der Waals surface area contributed by atoms with Crippen LogP contribution in [0.4, 0.5) is 0 Å². The van der Waals surface area contributed by atoms with Crippen LogP contribution in [0, 0.1) is 5.92 Å². The average molecular weight is 286 g/mol. The first kappa shape index (κ1) is 14.3.